The molecule has 0 heterocycles. The molecule has 0 N–H and O–H groups in total. The van der Waals surface area contributed by atoms with E-state index >= 15 is 0 Å². The Hall–Kier alpha value is -0.583. The Morgan fingerprint density at radius 3 is 1.88 bits per heavy atom. The number of halogens is 2. The van der Waals surface area contributed by atoms with Crippen LogP contribution >= 0.6 is 0 Å². The van der Waals surface area contributed by atoms with Crippen LogP contribution in [-0.4, -0.2) is 46.2 Å². The maximum Gasteiger partial charge on any atom is 0.428 e. The van der Waals surface area contributed by atoms with Crippen LogP contribution in [0.15, 0.2) is 0 Å². The van der Waals surface area contributed by atoms with E-state index in [1.165, 1.54) is 6.42 Å². The highest BCUT2D eigenvalue weighted by Crippen LogP contribution is 2.22. The van der Waals surface area contributed by atoms with Crippen LogP contribution < -0.4 is 0 Å². The van der Waals surface area contributed by atoms with Crippen molar-refractivity contribution in [3.05, 3.63) is 0 Å². The first-order chi connectivity index (χ1) is 11.4. The summed E-state index contributed by atoms with van der Waals surface area (Å²) in [7, 11) is -5.72. The summed E-state index contributed by atoms with van der Waals surface area (Å²) in [6.07, 6.45) is 7.48. The fourth-order valence-electron chi connectivity index (χ4n) is 2.17. The number of rotatable bonds is 14. The minimum Gasteiger partial charge on any atom is -0.743 e. The molecule has 0 unspecified atom stereocenters. The van der Waals surface area contributed by atoms with Gasteiger partial charge in [-0.2, -0.15) is 8.78 Å². The van der Waals surface area contributed by atoms with Crippen molar-refractivity contribution < 1.29 is 35.7 Å². The highest BCUT2D eigenvalue weighted by molar-refractivity contribution is 7.87. The molecule has 0 aliphatic carbocycles. The van der Waals surface area contributed by atoms with Gasteiger partial charge in [0.05, 0.1) is 6.61 Å². The third kappa shape index (κ3) is 10.2. The van der Waals surface area contributed by atoms with Crippen LogP contribution in [0.1, 0.15) is 51.4 Å². The van der Waals surface area contributed by atoms with Crippen molar-refractivity contribution in [2.75, 3.05) is 13.7 Å². The maximum atomic E-state index is 12.8. The monoisotopic (exact) mass is 403 g/mol. The Morgan fingerprint density at radius 2 is 1.44 bits per heavy atom. The second-order valence-corrected chi connectivity index (χ2v) is 12.5. The van der Waals surface area contributed by atoms with Crippen molar-refractivity contribution in [3.63, 3.8) is 0 Å². The number of esters is 1. The quantitative estimate of drug-likeness (QED) is 0.190. The minimum absolute atomic E-state index is 0.319. The Morgan fingerprint density at radius 1 is 1.00 bits per heavy atom. The Balaban J connectivity index is 3.59. The molecule has 0 aliphatic rings. The molecule has 6 nitrogen and oxygen atoms in total. The normalized spacial score (nSPS) is 13.0. The van der Waals surface area contributed by atoms with E-state index in [1.807, 2.05) is 0 Å². The summed E-state index contributed by atoms with van der Waals surface area (Å²) in [4.78, 5) is 10.9. The Bertz CT molecular complexity index is 496. The minimum atomic E-state index is -6.04. The molecule has 0 aromatic heterocycles. The van der Waals surface area contributed by atoms with Gasteiger partial charge < -0.3 is 13.7 Å². The van der Waals surface area contributed by atoms with Crippen LogP contribution in [-0.2, 0) is 24.1 Å². The van der Waals surface area contributed by atoms with Crippen LogP contribution in [0, 0.1) is 0 Å². The van der Waals surface area contributed by atoms with Crippen molar-refractivity contribution in [2.45, 2.75) is 75.8 Å². The van der Waals surface area contributed by atoms with E-state index in [0.717, 1.165) is 38.1 Å². The maximum absolute atomic E-state index is 12.8. The molecule has 0 amide bonds. The number of unbranched alkanes of at least 4 members (excludes halogenated alkanes) is 7. The smallest absolute Gasteiger partial charge is 0.428 e. The number of ether oxygens (including phenoxy) is 1. The van der Waals surface area contributed by atoms with Crippen molar-refractivity contribution in [2.24, 2.45) is 0 Å². The molecule has 0 bridgehead atoms. The third-order valence-electron chi connectivity index (χ3n) is 4.01. The SMILES string of the molecule is CO[Si](C)(C)CCCCCCCCCCOC(=O)C(F)(F)S(=O)(=O)[O-]. The summed E-state index contributed by atoms with van der Waals surface area (Å²) < 4.78 is 66.0. The van der Waals surface area contributed by atoms with Crippen molar-refractivity contribution in [1.29, 1.82) is 0 Å². The zero-order valence-electron chi connectivity index (χ0n) is 15.2. The van der Waals surface area contributed by atoms with E-state index < -0.39 is 29.7 Å². The topological polar surface area (TPSA) is 92.7 Å². The lowest BCUT2D eigenvalue weighted by atomic mass is 10.1. The zero-order chi connectivity index (χ0) is 19.6. The molecule has 0 atom stereocenters. The summed E-state index contributed by atoms with van der Waals surface area (Å²) in [6, 6.07) is 1.15. The van der Waals surface area contributed by atoms with Crippen LogP contribution in [0.3, 0.4) is 0 Å². The van der Waals surface area contributed by atoms with Gasteiger partial charge in [0.25, 0.3) is 0 Å². The molecule has 0 saturated heterocycles. The number of alkyl halides is 2. The van der Waals surface area contributed by atoms with Gasteiger partial charge in [0.15, 0.2) is 18.4 Å². The average molecular weight is 404 g/mol. The summed E-state index contributed by atoms with van der Waals surface area (Å²) in [6.45, 7) is 4.07. The standard InChI is InChI=1S/C15H30F2O6SSi/c1-22-25(2,3)13-11-9-7-5-4-6-8-10-12-23-14(18)15(16,17)24(19,20)21/h4-13H2,1-3H3,(H,19,20,21)/p-1. The summed E-state index contributed by atoms with van der Waals surface area (Å²) in [5.41, 5.74) is 0. The van der Waals surface area contributed by atoms with Gasteiger partial charge in [0, 0.05) is 7.11 Å². The van der Waals surface area contributed by atoms with E-state index in [-0.39, 0.29) is 6.61 Å². The van der Waals surface area contributed by atoms with Gasteiger partial charge >= 0.3 is 11.2 Å². The lowest BCUT2D eigenvalue weighted by Gasteiger charge is -2.19. The Labute approximate surface area is 150 Å². The third-order valence-corrected chi connectivity index (χ3v) is 7.47. The Kier molecular flexibility index (Phi) is 10.9. The van der Waals surface area contributed by atoms with Gasteiger partial charge in [0.2, 0.25) is 0 Å². The molecule has 0 aliphatic heterocycles. The summed E-state index contributed by atoms with van der Waals surface area (Å²) >= 11 is 0. The number of hydrogen-bond donors (Lipinski definition) is 0. The molecule has 10 heteroatoms. The number of carbonyl (C=O) groups is 1. The molecule has 0 aromatic rings. The highest BCUT2D eigenvalue weighted by Gasteiger charge is 2.48. The van der Waals surface area contributed by atoms with E-state index in [4.69, 9.17) is 4.43 Å². The van der Waals surface area contributed by atoms with Crippen molar-refractivity contribution in [3.8, 4) is 0 Å². The molecule has 0 radical (unpaired) electrons. The van der Waals surface area contributed by atoms with Crippen molar-refractivity contribution >= 4 is 24.4 Å². The van der Waals surface area contributed by atoms with Crippen molar-refractivity contribution in [1.82, 2.24) is 0 Å². The first-order valence-corrected chi connectivity index (χ1v) is 13.0. The van der Waals surface area contributed by atoms with Gasteiger partial charge in [-0.1, -0.05) is 44.9 Å². The van der Waals surface area contributed by atoms with E-state index in [1.54, 1.807) is 7.11 Å². The molecule has 0 spiro atoms. The highest BCUT2D eigenvalue weighted by atomic mass is 32.2. The summed E-state index contributed by atoms with van der Waals surface area (Å²) in [5, 5.41) is -5.02. The molecule has 0 aromatic carbocycles. The van der Waals surface area contributed by atoms with Crippen LogP contribution in [0.5, 0.6) is 0 Å². The second-order valence-electron chi connectivity index (χ2n) is 6.65. The molecule has 150 valence electrons. The fourth-order valence-corrected chi connectivity index (χ4v) is 3.74. The lowest BCUT2D eigenvalue weighted by molar-refractivity contribution is -0.161. The fraction of sp³-hybridized carbons (Fsp3) is 0.933. The van der Waals surface area contributed by atoms with E-state index in [0.29, 0.717) is 12.8 Å². The summed E-state index contributed by atoms with van der Waals surface area (Å²) in [5.74, 6) is -2.30. The number of carbonyl (C=O) groups excluding carboxylic acids is 1. The van der Waals surface area contributed by atoms with Gasteiger partial charge in [-0.3, -0.25) is 0 Å². The molecular formula is C15H29F2O6SSi-. The first kappa shape index (κ1) is 24.4. The van der Waals surface area contributed by atoms with Gasteiger partial charge in [-0.05, 0) is 25.6 Å². The zero-order valence-corrected chi connectivity index (χ0v) is 17.0. The predicted molar refractivity (Wildman–Crippen MR) is 91.8 cm³/mol. The second kappa shape index (κ2) is 11.2. The van der Waals surface area contributed by atoms with Gasteiger partial charge in [-0.15, -0.1) is 0 Å². The van der Waals surface area contributed by atoms with Crippen LogP contribution in [0.25, 0.3) is 0 Å². The lowest BCUT2D eigenvalue weighted by Crippen LogP contribution is -2.39. The molecule has 25 heavy (non-hydrogen) atoms. The predicted octanol–water partition coefficient (Wildman–Crippen LogP) is 3.64. The van der Waals surface area contributed by atoms with Crippen LogP contribution in [0.4, 0.5) is 8.78 Å². The molecule has 0 fully saturated rings. The molecular weight excluding hydrogens is 374 g/mol. The average Bonchev–Trinajstić information content (AvgIpc) is 2.51. The number of hydrogen-bond acceptors (Lipinski definition) is 6. The first-order valence-electron chi connectivity index (χ1n) is 8.49. The van der Waals surface area contributed by atoms with E-state index in [9.17, 15) is 26.5 Å². The van der Waals surface area contributed by atoms with Crippen LogP contribution in [0.2, 0.25) is 19.1 Å². The molecule has 0 saturated carbocycles. The molecule has 0 rings (SSSR count). The van der Waals surface area contributed by atoms with E-state index in [2.05, 4.69) is 17.8 Å². The van der Waals surface area contributed by atoms with Gasteiger partial charge in [0.1, 0.15) is 0 Å². The van der Waals surface area contributed by atoms with Gasteiger partial charge in [-0.25, -0.2) is 13.2 Å². The largest absolute Gasteiger partial charge is 0.743 e.